The van der Waals surface area contributed by atoms with Gasteiger partial charge in [-0.15, -0.1) is 0 Å². The van der Waals surface area contributed by atoms with Gasteiger partial charge in [-0.25, -0.2) is 14.2 Å². The number of benzene rings is 3. The van der Waals surface area contributed by atoms with E-state index >= 15 is 0 Å². The minimum Gasteiger partial charge on any atom is -0.457 e. The molecule has 3 aromatic carbocycles. The largest absolute Gasteiger partial charge is 0.457 e. The zero-order valence-corrected chi connectivity index (χ0v) is 19.3. The van der Waals surface area contributed by atoms with E-state index in [9.17, 15) is 9.18 Å². The van der Waals surface area contributed by atoms with Crippen LogP contribution in [0.15, 0.2) is 66.9 Å². The highest BCUT2D eigenvalue weighted by Crippen LogP contribution is 2.27. The van der Waals surface area contributed by atoms with E-state index in [-0.39, 0.29) is 5.02 Å². The highest BCUT2D eigenvalue weighted by atomic mass is 35.5. The molecular formula is C25H22ClFN6O2. The van der Waals surface area contributed by atoms with Gasteiger partial charge in [0.15, 0.2) is 0 Å². The Kier molecular flexibility index (Phi) is 6.60. The van der Waals surface area contributed by atoms with Gasteiger partial charge in [0.1, 0.15) is 23.1 Å². The molecule has 35 heavy (non-hydrogen) atoms. The third kappa shape index (κ3) is 5.59. The molecule has 0 spiro atoms. The van der Waals surface area contributed by atoms with Crippen molar-refractivity contribution in [2.75, 3.05) is 41.7 Å². The average Bonchev–Trinajstić information content (AvgIpc) is 2.87. The van der Waals surface area contributed by atoms with Gasteiger partial charge in [0.25, 0.3) is 0 Å². The van der Waals surface area contributed by atoms with Gasteiger partial charge in [-0.1, -0.05) is 11.6 Å². The van der Waals surface area contributed by atoms with Crippen molar-refractivity contribution >= 4 is 45.9 Å². The molecule has 0 aliphatic carbocycles. The van der Waals surface area contributed by atoms with Crippen molar-refractivity contribution in [2.24, 2.45) is 0 Å². The Labute approximate surface area is 206 Å². The number of hydrogen-bond acceptors (Lipinski definition) is 6. The number of halogens is 2. The first-order valence-corrected chi connectivity index (χ1v) is 11.4. The van der Waals surface area contributed by atoms with E-state index in [0.29, 0.717) is 22.9 Å². The lowest BCUT2D eigenvalue weighted by molar-refractivity contribution is 0.262. The number of ether oxygens (including phenoxy) is 1. The Bertz CT molecular complexity index is 1360. The molecule has 1 aliphatic rings. The van der Waals surface area contributed by atoms with Crippen LogP contribution in [0.4, 0.5) is 26.4 Å². The number of anilines is 3. The molecule has 0 saturated carbocycles. The Hall–Kier alpha value is -3.95. The second kappa shape index (κ2) is 10.1. The van der Waals surface area contributed by atoms with Crippen molar-refractivity contribution in [1.82, 2.24) is 15.3 Å². The highest BCUT2D eigenvalue weighted by molar-refractivity contribution is 6.30. The minimum atomic E-state index is -0.606. The van der Waals surface area contributed by atoms with E-state index in [0.717, 1.165) is 49.1 Å². The van der Waals surface area contributed by atoms with E-state index in [2.05, 4.69) is 25.8 Å². The molecule has 10 heteroatoms. The summed E-state index contributed by atoms with van der Waals surface area (Å²) in [6.07, 6.45) is 1.81. The lowest BCUT2D eigenvalue weighted by Gasteiger charge is -2.28. The second-order valence-electron chi connectivity index (χ2n) is 7.95. The van der Waals surface area contributed by atoms with Gasteiger partial charge < -0.3 is 25.6 Å². The predicted octanol–water partition coefficient (Wildman–Crippen LogP) is 5.27. The number of nitrogens with one attached hydrogen (secondary N) is 3. The van der Waals surface area contributed by atoms with E-state index in [1.165, 1.54) is 12.1 Å². The zero-order chi connectivity index (χ0) is 24.2. The summed E-state index contributed by atoms with van der Waals surface area (Å²) in [7, 11) is 0. The smallest absolute Gasteiger partial charge is 0.323 e. The number of urea groups is 1. The fourth-order valence-electron chi connectivity index (χ4n) is 3.70. The van der Waals surface area contributed by atoms with Crippen molar-refractivity contribution in [3.63, 3.8) is 0 Å². The second-order valence-corrected chi connectivity index (χ2v) is 8.36. The SMILES string of the molecule is O=C(Nc1ccc(Oc2ccc3ncc(N4CCNCC4)nc3c2)cc1)Nc1ccc(Cl)c(F)c1. The molecule has 0 radical (unpaired) electrons. The number of piperazine rings is 1. The third-order valence-electron chi connectivity index (χ3n) is 5.47. The van der Waals surface area contributed by atoms with Gasteiger partial charge in [0, 0.05) is 43.6 Å². The van der Waals surface area contributed by atoms with Crippen molar-refractivity contribution in [3.8, 4) is 11.5 Å². The maximum Gasteiger partial charge on any atom is 0.323 e. The quantitative estimate of drug-likeness (QED) is 0.351. The van der Waals surface area contributed by atoms with Crippen LogP contribution in [0.2, 0.25) is 5.02 Å². The number of carbonyl (C=O) groups is 1. The number of amides is 2. The van der Waals surface area contributed by atoms with Crippen LogP contribution in [0.25, 0.3) is 11.0 Å². The summed E-state index contributed by atoms with van der Waals surface area (Å²) >= 11 is 5.66. The molecule has 3 N–H and O–H groups in total. The summed E-state index contributed by atoms with van der Waals surface area (Å²) < 4.78 is 19.5. The van der Waals surface area contributed by atoms with Crippen molar-refractivity contribution in [3.05, 3.63) is 77.7 Å². The topological polar surface area (TPSA) is 91.4 Å². The maximum atomic E-state index is 13.5. The summed E-state index contributed by atoms with van der Waals surface area (Å²) in [5.41, 5.74) is 2.40. The predicted molar refractivity (Wildman–Crippen MR) is 135 cm³/mol. The van der Waals surface area contributed by atoms with E-state index < -0.39 is 11.8 Å². The number of rotatable bonds is 5. The normalized spacial score (nSPS) is 13.5. The molecule has 2 heterocycles. The molecule has 0 atom stereocenters. The molecule has 1 aliphatic heterocycles. The number of hydrogen-bond donors (Lipinski definition) is 3. The Morgan fingerprint density at radius 3 is 2.43 bits per heavy atom. The highest BCUT2D eigenvalue weighted by Gasteiger charge is 2.13. The third-order valence-corrected chi connectivity index (χ3v) is 5.77. The zero-order valence-electron chi connectivity index (χ0n) is 18.6. The molecule has 4 aromatic rings. The van der Waals surface area contributed by atoms with E-state index in [1.807, 2.05) is 18.2 Å². The van der Waals surface area contributed by atoms with Gasteiger partial charge >= 0.3 is 6.03 Å². The minimum absolute atomic E-state index is 0.00926. The van der Waals surface area contributed by atoms with Crippen LogP contribution in [-0.4, -0.2) is 42.2 Å². The first-order chi connectivity index (χ1) is 17.0. The van der Waals surface area contributed by atoms with Gasteiger partial charge in [-0.3, -0.25) is 4.98 Å². The Morgan fingerprint density at radius 1 is 0.943 bits per heavy atom. The molecule has 1 aromatic heterocycles. The standard InChI is InChI=1S/C25H22ClFN6O2/c26-20-7-3-17(13-21(20)27)31-25(34)30-16-1-4-18(5-2-16)35-19-6-8-22-23(14-19)32-24(15-29-22)33-11-9-28-10-12-33/h1-8,13-15,28H,9-12H2,(H2,30,31,34). The maximum absolute atomic E-state index is 13.5. The number of carbonyl (C=O) groups excluding carboxylic acids is 1. The first-order valence-electron chi connectivity index (χ1n) is 11.1. The fourth-order valence-corrected chi connectivity index (χ4v) is 3.82. The van der Waals surface area contributed by atoms with Gasteiger partial charge in [-0.2, -0.15) is 0 Å². The van der Waals surface area contributed by atoms with Crippen molar-refractivity contribution < 1.29 is 13.9 Å². The Morgan fingerprint density at radius 2 is 1.66 bits per heavy atom. The van der Waals surface area contributed by atoms with Crippen LogP contribution in [0.5, 0.6) is 11.5 Å². The number of fused-ring (bicyclic) bond motifs is 1. The molecule has 2 amide bonds. The lowest BCUT2D eigenvalue weighted by atomic mass is 10.2. The summed E-state index contributed by atoms with van der Waals surface area (Å²) in [6.45, 7) is 3.64. The summed E-state index contributed by atoms with van der Waals surface area (Å²) in [5.74, 6) is 1.48. The van der Waals surface area contributed by atoms with Crippen LogP contribution < -0.4 is 25.6 Å². The number of nitrogens with zero attached hydrogens (tertiary/aromatic N) is 3. The van der Waals surface area contributed by atoms with Crippen LogP contribution in [0.1, 0.15) is 0 Å². The van der Waals surface area contributed by atoms with Crippen molar-refractivity contribution in [1.29, 1.82) is 0 Å². The molecule has 1 saturated heterocycles. The van der Waals surface area contributed by atoms with Crippen LogP contribution in [-0.2, 0) is 0 Å². The molecular weight excluding hydrogens is 471 g/mol. The molecule has 8 nitrogen and oxygen atoms in total. The molecule has 5 rings (SSSR count). The monoisotopic (exact) mass is 492 g/mol. The Balaban J connectivity index is 1.23. The van der Waals surface area contributed by atoms with Crippen LogP contribution in [0, 0.1) is 5.82 Å². The van der Waals surface area contributed by atoms with Crippen LogP contribution >= 0.6 is 11.6 Å². The van der Waals surface area contributed by atoms with Gasteiger partial charge in [-0.05, 0) is 54.6 Å². The molecule has 0 unspecified atom stereocenters. The first kappa shape index (κ1) is 22.8. The van der Waals surface area contributed by atoms with E-state index in [4.69, 9.17) is 21.3 Å². The van der Waals surface area contributed by atoms with Gasteiger partial charge in [0.05, 0.1) is 22.3 Å². The molecule has 178 valence electrons. The number of aromatic nitrogens is 2. The lowest BCUT2D eigenvalue weighted by Crippen LogP contribution is -2.43. The van der Waals surface area contributed by atoms with Crippen molar-refractivity contribution in [2.45, 2.75) is 0 Å². The summed E-state index contributed by atoms with van der Waals surface area (Å²) in [4.78, 5) is 23.7. The fraction of sp³-hybridized carbons (Fsp3) is 0.160. The summed E-state index contributed by atoms with van der Waals surface area (Å²) in [6, 6.07) is 16.0. The molecule has 0 bridgehead atoms. The van der Waals surface area contributed by atoms with E-state index in [1.54, 1.807) is 30.5 Å². The summed E-state index contributed by atoms with van der Waals surface area (Å²) in [5, 5.41) is 8.57. The average molecular weight is 493 g/mol. The van der Waals surface area contributed by atoms with Gasteiger partial charge in [0.2, 0.25) is 0 Å². The molecule has 1 fully saturated rings. The van der Waals surface area contributed by atoms with Crippen LogP contribution in [0.3, 0.4) is 0 Å².